The highest BCUT2D eigenvalue weighted by Crippen LogP contribution is 2.38. The van der Waals surface area contributed by atoms with Gasteiger partial charge in [0.05, 0.1) is 25.6 Å². The number of nitrogens with zero attached hydrogens (tertiary/aromatic N) is 1. The maximum atomic E-state index is 12.6. The predicted molar refractivity (Wildman–Crippen MR) is 88.4 cm³/mol. The summed E-state index contributed by atoms with van der Waals surface area (Å²) in [6.45, 7) is 0.565. The van der Waals surface area contributed by atoms with Gasteiger partial charge in [-0.2, -0.15) is 0 Å². The normalized spacial score (nSPS) is 19.6. The zero-order chi connectivity index (χ0) is 16.8. The molecule has 2 aromatic rings. The lowest BCUT2D eigenvalue weighted by molar-refractivity contribution is -0.152. The fraction of sp³-hybridized carbons (Fsp3) is 0.333. The van der Waals surface area contributed by atoms with E-state index in [1.54, 1.807) is 12.0 Å². The molecule has 0 saturated carbocycles. The molecule has 6 heteroatoms. The van der Waals surface area contributed by atoms with Gasteiger partial charge in [-0.25, -0.2) is 0 Å². The number of nitrogens with one attached hydrogen (secondary N) is 1. The first-order chi connectivity index (χ1) is 11.6. The smallest absolute Gasteiger partial charge is 0.318 e. The first-order valence-electron chi connectivity index (χ1n) is 7.92. The molecule has 2 aliphatic heterocycles. The van der Waals surface area contributed by atoms with Crippen molar-refractivity contribution in [1.29, 1.82) is 0 Å². The minimum absolute atomic E-state index is 0.179. The van der Waals surface area contributed by atoms with Gasteiger partial charge < -0.3 is 19.4 Å². The molecule has 3 heterocycles. The summed E-state index contributed by atoms with van der Waals surface area (Å²) in [6.07, 6.45) is 3.06. The first-order valence-corrected chi connectivity index (χ1v) is 7.92. The Hall–Kier alpha value is -2.76. The molecule has 0 saturated heterocycles. The van der Waals surface area contributed by atoms with E-state index in [1.807, 2.05) is 24.3 Å². The summed E-state index contributed by atoms with van der Waals surface area (Å²) in [5, 5.41) is 1.12. The van der Waals surface area contributed by atoms with Crippen LogP contribution in [0.25, 0.3) is 16.6 Å². The maximum Gasteiger partial charge on any atom is 0.318 e. The predicted octanol–water partition coefficient (Wildman–Crippen LogP) is 2.09. The number of ether oxygens (including phenoxy) is 2. The molecule has 24 heavy (non-hydrogen) atoms. The van der Waals surface area contributed by atoms with Crippen LogP contribution in [0.1, 0.15) is 17.7 Å². The molecule has 2 aliphatic rings. The number of hydrogen-bond acceptors (Lipinski definition) is 4. The average molecular weight is 326 g/mol. The Morgan fingerprint density at radius 2 is 2.17 bits per heavy atom. The number of benzene rings is 1. The number of carbonyl (C=O) groups excluding carboxylic acids is 2. The molecule has 1 amide bonds. The van der Waals surface area contributed by atoms with E-state index in [2.05, 4.69) is 4.98 Å². The standard InChI is InChI=1S/C18H18N2O4/c1-23-10-3-5-14-13(9-10)11-7-8-20-15(16(11)19-14)6-4-12(17(20)21)18(22)24-2/h3,5-6,9,12,19H,4,7-8H2,1-2H3. The van der Waals surface area contributed by atoms with E-state index >= 15 is 0 Å². The fourth-order valence-corrected chi connectivity index (χ4v) is 3.61. The van der Waals surface area contributed by atoms with E-state index in [9.17, 15) is 9.59 Å². The van der Waals surface area contributed by atoms with Gasteiger partial charge in [-0.1, -0.05) is 6.08 Å². The Labute approximate surface area is 139 Å². The summed E-state index contributed by atoms with van der Waals surface area (Å²) in [7, 11) is 2.96. The van der Waals surface area contributed by atoms with Crippen LogP contribution in [0.2, 0.25) is 0 Å². The van der Waals surface area contributed by atoms with Crippen molar-refractivity contribution in [3.05, 3.63) is 35.5 Å². The Morgan fingerprint density at radius 3 is 2.92 bits per heavy atom. The van der Waals surface area contributed by atoms with Gasteiger partial charge in [-0.15, -0.1) is 0 Å². The fourth-order valence-electron chi connectivity index (χ4n) is 3.61. The molecular formula is C18H18N2O4. The summed E-state index contributed by atoms with van der Waals surface area (Å²) in [6, 6.07) is 5.91. The molecule has 6 nitrogen and oxygen atoms in total. The zero-order valence-corrected chi connectivity index (χ0v) is 13.6. The van der Waals surface area contributed by atoms with Crippen molar-refractivity contribution in [2.45, 2.75) is 12.8 Å². The summed E-state index contributed by atoms with van der Waals surface area (Å²) < 4.78 is 10.1. The van der Waals surface area contributed by atoms with Crippen molar-refractivity contribution >= 4 is 28.5 Å². The lowest BCUT2D eigenvalue weighted by Gasteiger charge is -2.35. The van der Waals surface area contributed by atoms with E-state index in [4.69, 9.17) is 9.47 Å². The van der Waals surface area contributed by atoms with Gasteiger partial charge in [0.25, 0.3) is 0 Å². The number of fused-ring (bicyclic) bond motifs is 5. The number of H-pyrrole nitrogens is 1. The van der Waals surface area contributed by atoms with E-state index in [0.29, 0.717) is 13.0 Å². The van der Waals surface area contributed by atoms with E-state index < -0.39 is 11.9 Å². The van der Waals surface area contributed by atoms with Crippen LogP contribution in [0.4, 0.5) is 0 Å². The lowest BCUT2D eigenvalue weighted by Crippen LogP contribution is -2.44. The Balaban J connectivity index is 1.80. The monoisotopic (exact) mass is 326 g/mol. The molecule has 0 spiro atoms. The van der Waals surface area contributed by atoms with Gasteiger partial charge in [0.2, 0.25) is 5.91 Å². The lowest BCUT2D eigenvalue weighted by atomic mass is 9.92. The van der Waals surface area contributed by atoms with Crippen molar-refractivity contribution in [1.82, 2.24) is 9.88 Å². The van der Waals surface area contributed by atoms with E-state index in [0.717, 1.165) is 34.5 Å². The number of carbonyl (C=O) groups is 2. The molecular weight excluding hydrogens is 308 g/mol. The number of allylic oxidation sites excluding steroid dienone is 1. The van der Waals surface area contributed by atoms with Crippen LogP contribution in [-0.4, -0.2) is 42.5 Å². The minimum Gasteiger partial charge on any atom is -0.497 e. The average Bonchev–Trinajstić information content (AvgIpc) is 2.99. The largest absolute Gasteiger partial charge is 0.497 e. The number of methoxy groups -OCH3 is 2. The second-order valence-electron chi connectivity index (χ2n) is 6.03. The topological polar surface area (TPSA) is 71.6 Å². The molecule has 1 atom stereocenters. The Kier molecular flexibility index (Phi) is 3.33. The van der Waals surface area contributed by atoms with Crippen LogP contribution in [0.5, 0.6) is 5.75 Å². The van der Waals surface area contributed by atoms with E-state index in [1.165, 1.54) is 12.7 Å². The Morgan fingerprint density at radius 1 is 1.33 bits per heavy atom. The van der Waals surface area contributed by atoms with Gasteiger partial charge in [-0.3, -0.25) is 9.59 Å². The minimum atomic E-state index is -0.732. The van der Waals surface area contributed by atoms with Crippen molar-refractivity contribution in [3.8, 4) is 5.75 Å². The summed E-state index contributed by atoms with van der Waals surface area (Å²) in [5.41, 5.74) is 4.03. The van der Waals surface area contributed by atoms with Crippen molar-refractivity contribution in [2.75, 3.05) is 20.8 Å². The maximum absolute atomic E-state index is 12.6. The van der Waals surface area contributed by atoms with Gasteiger partial charge in [-0.05, 0) is 36.6 Å². The molecule has 1 unspecified atom stereocenters. The van der Waals surface area contributed by atoms with Gasteiger partial charge >= 0.3 is 5.97 Å². The summed E-state index contributed by atoms with van der Waals surface area (Å²) >= 11 is 0. The number of hydrogen-bond donors (Lipinski definition) is 1. The number of amides is 1. The molecule has 1 N–H and O–H groups in total. The second kappa shape index (κ2) is 5.40. The summed E-state index contributed by atoms with van der Waals surface area (Å²) in [5.74, 6) is -0.570. The van der Waals surface area contributed by atoms with Crippen LogP contribution in [0.3, 0.4) is 0 Å². The SMILES string of the molecule is COC(=O)C1CC=C2c3[nH]c4ccc(OC)cc4c3CCN2C1=O. The van der Waals surface area contributed by atoms with Crippen LogP contribution in [0, 0.1) is 5.92 Å². The third-order valence-electron chi connectivity index (χ3n) is 4.84. The van der Waals surface area contributed by atoms with Crippen LogP contribution in [-0.2, 0) is 20.7 Å². The molecule has 0 bridgehead atoms. The molecule has 0 aliphatic carbocycles. The third-order valence-corrected chi connectivity index (χ3v) is 4.84. The zero-order valence-electron chi connectivity index (χ0n) is 13.6. The number of aromatic amines is 1. The van der Waals surface area contributed by atoms with Crippen molar-refractivity contribution in [3.63, 3.8) is 0 Å². The first kappa shape index (κ1) is 14.8. The third kappa shape index (κ3) is 2.02. The molecule has 0 radical (unpaired) electrons. The number of aromatic nitrogens is 1. The highest BCUT2D eigenvalue weighted by molar-refractivity contribution is 6.04. The van der Waals surface area contributed by atoms with Crippen molar-refractivity contribution < 1.29 is 19.1 Å². The van der Waals surface area contributed by atoms with E-state index in [-0.39, 0.29) is 5.91 Å². The Bertz CT molecular complexity index is 881. The van der Waals surface area contributed by atoms with Gasteiger partial charge in [0.1, 0.15) is 11.7 Å². The molecule has 124 valence electrons. The van der Waals surface area contributed by atoms with Gasteiger partial charge in [0, 0.05) is 17.4 Å². The highest BCUT2D eigenvalue weighted by Gasteiger charge is 2.39. The van der Waals surface area contributed by atoms with Gasteiger partial charge in [0.15, 0.2) is 0 Å². The molecule has 1 aromatic heterocycles. The number of esters is 1. The molecule has 4 rings (SSSR count). The number of rotatable bonds is 2. The summed E-state index contributed by atoms with van der Waals surface area (Å²) in [4.78, 5) is 29.5. The molecule has 1 aromatic carbocycles. The highest BCUT2D eigenvalue weighted by atomic mass is 16.5. The van der Waals surface area contributed by atoms with Crippen LogP contribution >= 0.6 is 0 Å². The van der Waals surface area contributed by atoms with Crippen LogP contribution < -0.4 is 4.74 Å². The quantitative estimate of drug-likeness (QED) is 0.678. The van der Waals surface area contributed by atoms with Crippen molar-refractivity contribution in [2.24, 2.45) is 5.92 Å². The molecule has 0 fully saturated rings. The second-order valence-corrected chi connectivity index (χ2v) is 6.03. The van der Waals surface area contributed by atoms with Crippen LogP contribution in [0.15, 0.2) is 24.3 Å².